The Hall–Kier alpha value is -1.77. The van der Waals surface area contributed by atoms with E-state index in [2.05, 4.69) is 22.2 Å². The fourth-order valence-corrected chi connectivity index (χ4v) is 1.85. The third kappa shape index (κ3) is 2.98. The van der Waals surface area contributed by atoms with Crippen molar-refractivity contribution < 1.29 is 20.1 Å². The van der Waals surface area contributed by atoms with Crippen molar-refractivity contribution in [2.24, 2.45) is 0 Å². The molecular weight excluding hydrogens is 414 g/mol. The first-order valence-corrected chi connectivity index (χ1v) is 5.78. The smallest absolute Gasteiger partial charge is 0.0597 e. The molecule has 2 heterocycles. The largest absolute Gasteiger partial charge is 0.265 e. The van der Waals surface area contributed by atoms with Gasteiger partial charge in [-0.2, -0.15) is 23.3 Å². The number of benzene rings is 1. The average molecular weight is 426 g/mol. The Kier molecular flexibility index (Phi) is 4.25. The predicted molar refractivity (Wildman–Crippen MR) is 70.4 cm³/mol. The second-order valence-electron chi connectivity index (χ2n) is 4.11. The summed E-state index contributed by atoms with van der Waals surface area (Å²) in [5.74, 6) is 0. The molecule has 0 saturated carbocycles. The van der Waals surface area contributed by atoms with Crippen LogP contribution in [0.1, 0.15) is 5.69 Å². The van der Waals surface area contributed by atoms with Gasteiger partial charge in [-0.1, -0.05) is 6.07 Å². The molecule has 4 heteroatoms. The molecule has 2 aromatic heterocycles. The summed E-state index contributed by atoms with van der Waals surface area (Å²) in [4.78, 5) is 4.13. The summed E-state index contributed by atoms with van der Waals surface area (Å²) in [6.07, 6.45) is 5.57. The topological polar surface area (TPSA) is 30.7 Å². The van der Waals surface area contributed by atoms with Crippen LogP contribution in [0.15, 0.2) is 55.0 Å². The van der Waals surface area contributed by atoms with E-state index in [-0.39, 0.29) is 20.1 Å². The second kappa shape index (κ2) is 5.91. The van der Waals surface area contributed by atoms with Crippen LogP contribution in [-0.4, -0.2) is 14.8 Å². The first-order chi connectivity index (χ1) is 8.83. The van der Waals surface area contributed by atoms with E-state index in [0.717, 1.165) is 22.5 Å². The van der Waals surface area contributed by atoms with Crippen LogP contribution in [0.4, 0.5) is 0 Å². The zero-order chi connectivity index (χ0) is 12.4. The van der Waals surface area contributed by atoms with E-state index >= 15 is 0 Å². The van der Waals surface area contributed by atoms with Crippen LogP contribution in [0.3, 0.4) is 0 Å². The van der Waals surface area contributed by atoms with E-state index in [1.807, 2.05) is 54.3 Å². The summed E-state index contributed by atoms with van der Waals surface area (Å²) in [5, 5.41) is 4.39. The second-order valence-corrected chi connectivity index (χ2v) is 4.11. The van der Waals surface area contributed by atoms with E-state index < -0.39 is 0 Å². The summed E-state index contributed by atoms with van der Waals surface area (Å²) >= 11 is 0. The Morgan fingerprint density at radius 1 is 1.16 bits per heavy atom. The van der Waals surface area contributed by atoms with Gasteiger partial charge in [0.2, 0.25) is 0 Å². The number of hydrogen-bond donors (Lipinski definition) is 0. The minimum Gasteiger partial charge on any atom is -0.265 e. The number of rotatable bonds is 2. The summed E-state index contributed by atoms with van der Waals surface area (Å²) in [6, 6.07) is 15.1. The standard InChI is InChI=1S/C15H12N3.Ir/c1-12-7-9-18(17-12)15-6-2-4-13(10-15)14-5-3-8-16-11-14;/h2-5,7-11H,1H3;/q-1;. The third-order valence-corrected chi connectivity index (χ3v) is 2.75. The maximum Gasteiger partial charge on any atom is 0.0597 e. The van der Waals surface area contributed by atoms with Gasteiger partial charge >= 0.3 is 0 Å². The van der Waals surface area contributed by atoms with Crippen LogP contribution in [0.25, 0.3) is 16.8 Å². The van der Waals surface area contributed by atoms with Crippen LogP contribution >= 0.6 is 0 Å². The monoisotopic (exact) mass is 427 g/mol. The molecule has 0 amide bonds. The van der Waals surface area contributed by atoms with Gasteiger partial charge in [0.25, 0.3) is 0 Å². The summed E-state index contributed by atoms with van der Waals surface area (Å²) in [5.41, 5.74) is 4.14. The molecule has 3 nitrogen and oxygen atoms in total. The van der Waals surface area contributed by atoms with Crippen molar-refractivity contribution in [3.8, 4) is 16.8 Å². The van der Waals surface area contributed by atoms with E-state index in [1.54, 1.807) is 6.20 Å². The zero-order valence-corrected chi connectivity index (χ0v) is 12.8. The van der Waals surface area contributed by atoms with Crippen molar-refractivity contribution in [2.45, 2.75) is 6.92 Å². The molecule has 1 radical (unpaired) electrons. The van der Waals surface area contributed by atoms with Crippen LogP contribution < -0.4 is 0 Å². The number of aromatic nitrogens is 3. The maximum atomic E-state index is 4.39. The summed E-state index contributed by atoms with van der Waals surface area (Å²) in [6.45, 7) is 1.97. The molecule has 0 aliphatic rings. The van der Waals surface area contributed by atoms with Gasteiger partial charge < -0.3 is 0 Å². The SMILES string of the molecule is Cc1ccn(-c2[c-]ccc(-c3cccnc3)c2)n1.[Ir]. The van der Waals surface area contributed by atoms with Crippen LogP contribution in [0.5, 0.6) is 0 Å². The molecular formula is C15H12IrN3-. The fraction of sp³-hybridized carbons (Fsp3) is 0.0667. The van der Waals surface area contributed by atoms with E-state index in [4.69, 9.17) is 0 Å². The molecule has 0 unspecified atom stereocenters. The molecule has 19 heavy (non-hydrogen) atoms. The van der Waals surface area contributed by atoms with E-state index in [9.17, 15) is 0 Å². The number of aryl methyl sites for hydroxylation is 1. The van der Waals surface area contributed by atoms with Gasteiger partial charge in [0.15, 0.2) is 0 Å². The molecule has 0 aliphatic carbocycles. The molecule has 0 N–H and O–H groups in total. The van der Waals surface area contributed by atoms with Gasteiger partial charge in [-0.25, -0.2) is 0 Å². The van der Waals surface area contributed by atoms with Crippen LogP contribution in [0, 0.1) is 13.0 Å². The number of pyridine rings is 1. The summed E-state index contributed by atoms with van der Waals surface area (Å²) in [7, 11) is 0. The molecule has 0 saturated heterocycles. The van der Waals surface area contributed by atoms with Crippen molar-refractivity contribution in [3.63, 3.8) is 0 Å². The molecule has 0 atom stereocenters. The van der Waals surface area contributed by atoms with Crippen molar-refractivity contribution in [1.82, 2.24) is 14.8 Å². The van der Waals surface area contributed by atoms with Gasteiger partial charge in [-0.3, -0.25) is 9.67 Å². The van der Waals surface area contributed by atoms with Crippen LogP contribution in [0.2, 0.25) is 0 Å². The Balaban J connectivity index is 0.00000133. The normalized spacial score (nSPS) is 9.95. The molecule has 0 bridgehead atoms. The average Bonchev–Trinajstić information content (AvgIpc) is 2.87. The minimum atomic E-state index is 0. The van der Waals surface area contributed by atoms with E-state index in [1.165, 1.54) is 0 Å². The third-order valence-electron chi connectivity index (χ3n) is 2.75. The zero-order valence-electron chi connectivity index (χ0n) is 10.4. The number of nitrogens with zero attached hydrogens (tertiary/aromatic N) is 3. The first kappa shape index (κ1) is 13.7. The van der Waals surface area contributed by atoms with Crippen molar-refractivity contribution in [3.05, 3.63) is 66.7 Å². The molecule has 0 spiro atoms. The molecule has 3 aromatic rings. The fourth-order valence-electron chi connectivity index (χ4n) is 1.85. The van der Waals surface area contributed by atoms with Gasteiger partial charge in [0, 0.05) is 38.7 Å². The molecule has 97 valence electrons. The summed E-state index contributed by atoms with van der Waals surface area (Å²) < 4.78 is 1.83. The van der Waals surface area contributed by atoms with Gasteiger partial charge in [-0.15, -0.1) is 11.6 Å². The molecule has 3 rings (SSSR count). The Morgan fingerprint density at radius 3 is 2.74 bits per heavy atom. The van der Waals surface area contributed by atoms with Crippen molar-refractivity contribution >= 4 is 0 Å². The van der Waals surface area contributed by atoms with Gasteiger partial charge in [0.1, 0.15) is 0 Å². The quantitative estimate of drug-likeness (QED) is 0.590. The Labute approximate surface area is 125 Å². The van der Waals surface area contributed by atoms with Crippen LogP contribution in [-0.2, 0) is 20.1 Å². The molecule has 0 aliphatic heterocycles. The maximum absolute atomic E-state index is 4.39. The first-order valence-electron chi connectivity index (χ1n) is 5.78. The number of hydrogen-bond acceptors (Lipinski definition) is 2. The minimum absolute atomic E-state index is 0. The van der Waals surface area contributed by atoms with Crippen molar-refractivity contribution in [1.29, 1.82) is 0 Å². The Bertz CT molecular complexity index is 662. The van der Waals surface area contributed by atoms with Gasteiger partial charge in [-0.05, 0) is 30.3 Å². The predicted octanol–water partition coefficient (Wildman–Crippen LogP) is 3.04. The molecule has 0 fully saturated rings. The van der Waals surface area contributed by atoms with Gasteiger partial charge in [0.05, 0.1) is 5.69 Å². The van der Waals surface area contributed by atoms with Crippen molar-refractivity contribution in [2.75, 3.05) is 0 Å². The van der Waals surface area contributed by atoms with E-state index in [0.29, 0.717) is 0 Å². The molecule has 1 aromatic carbocycles. The Morgan fingerprint density at radius 2 is 2.05 bits per heavy atom.